The van der Waals surface area contributed by atoms with Crippen molar-refractivity contribution in [2.45, 2.75) is 52.2 Å². The van der Waals surface area contributed by atoms with E-state index >= 15 is 0 Å². The molecule has 2 aromatic rings. The third-order valence-electron chi connectivity index (χ3n) is 5.19. The molecule has 1 aliphatic rings. The minimum atomic E-state index is -0.00509. The van der Waals surface area contributed by atoms with Gasteiger partial charge in [-0.25, -0.2) is 0 Å². The molecule has 0 spiro atoms. The number of carbonyl (C=O) groups excluding carboxylic acids is 2. The van der Waals surface area contributed by atoms with Crippen molar-refractivity contribution in [1.82, 2.24) is 5.32 Å². The zero-order valence-electron chi connectivity index (χ0n) is 17.3. The van der Waals surface area contributed by atoms with Gasteiger partial charge in [-0.3, -0.25) is 9.59 Å². The summed E-state index contributed by atoms with van der Waals surface area (Å²) in [6.07, 6.45) is 3.00. The topological polar surface area (TPSA) is 58.6 Å². The maximum Gasteiger partial charge on any atom is 0.227 e. The van der Waals surface area contributed by atoms with Gasteiger partial charge >= 0.3 is 0 Å². The van der Waals surface area contributed by atoms with E-state index in [4.69, 9.17) is 4.74 Å². The van der Waals surface area contributed by atoms with Crippen LogP contribution in [0.3, 0.4) is 0 Å². The molecule has 1 N–H and O–H groups in total. The van der Waals surface area contributed by atoms with Gasteiger partial charge in [0.2, 0.25) is 11.8 Å². The number of anilines is 1. The van der Waals surface area contributed by atoms with Crippen molar-refractivity contribution in [1.29, 1.82) is 0 Å². The minimum Gasteiger partial charge on any atom is -0.376 e. The summed E-state index contributed by atoms with van der Waals surface area (Å²) in [5, 5.41) is 2.95. The number of hydrogen-bond donors (Lipinski definition) is 1. The SMILES string of the molecule is CCC(=O)N(Cc1cccc(C)c1)c1ccc(CC(=O)NC[C@@H]2CCCO2)cc1. The fourth-order valence-electron chi connectivity index (χ4n) is 3.58. The lowest BCUT2D eigenvalue weighted by Gasteiger charge is -2.23. The molecule has 0 aliphatic carbocycles. The van der Waals surface area contributed by atoms with Crippen molar-refractivity contribution >= 4 is 17.5 Å². The molecular formula is C24H30N2O3. The molecule has 1 atom stereocenters. The molecule has 1 heterocycles. The van der Waals surface area contributed by atoms with Crippen LogP contribution in [0.15, 0.2) is 48.5 Å². The Bertz CT molecular complexity index is 826. The van der Waals surface area contributed by atoms with Gasteiger partial charge in [0.05, 0.1) is 19.1 Å². The lowest BCUT2D eigenvalue weighted by atomic mass is 10.1. The van der Waals surface area contributed by atoms with Crippen molar-refractivity contribution in [3.8, 4) is 0 Å². The highest BCUT2D eigenvalue weighted by atomic mass is 16.5. The summed E-state index contributed by atoms with van der Waals surface area (Å²) in [4.78, 5) is 26.5. The molecule has 0 aromatic heterocycles. The number of hydrogen-bond acceptors (Lipinski definition) is 3. The summed E-state index contributed by atoms with van der Waals surface area (Å²) in [5.41, 5.74) is 4.06. The highest BCUT2D eigenvalue weighted by Crippen LogP contribution is 2.20. The van der Waals surface area contributed by atoms with E-state index < -0.39 is 0 Å². The standard InChI is InChI=1S/C24H30N2O3/c1-3-24(28)26(17-20-7-4-6-18(2)14-20)21-11-9-19(10-12-21)15-23(27)25-16-22-8-5-13-29-22/h4,6-7,9-12,14,22H,3,5,8,13,15-17H2,1-2H3,(H,25,27)/t22-/m0/s1. The first-order valence-corrected chi connectivity index (χ1v) is 10.4. The molecule has 5 heteroatoms. The number of rotatable bonds is 8. The molecule has 5 nitrogen and oxygen atoms in total. The summed E-state index contributed by atoms with van der Waals surface area (Å²) in [5.74, 6) is 0.0723. The van der Waals surface area contributed by atoms with Crippen LogP contribution in [0.25, 0.3) is 0 Å². The molecule has 0 bridgehead atoms. The monoisotopic (exact) mass is 394 g/mol. The van der Waals surface area contributed by atoms with E-state index in [1.807, 2.05) is 56.3 Å². The molecule has 29 heavy (non-hydrogen) atoms. The Kier molecular flexibility index (Phi) is 7.42. The number of amides is 2. The Hall–Kier alpha value is -2.66. The molecule has 0 radical (unpaired) electrons. The van der Waals surface area contributed by atoms with E-state index in [0.29, 0.717) is 25.9 Å². The van der Waals surface area contributed by atoms with Crippen molar-refractivity contribution < 1.29 is 14.3 Å². The van der Waals surface area contributed by atoms with Crippen LogP contribution >= 0.6 is 0 Å². The normalized spacial score (nSPS) is 15.9. The van der Waals surface area contributed by atoms with Gasteiger partial charge in [-0.05, 0) is 43.0 Å². The zero-order chi connectivity index (χ0) is 20.6. The largest absolute Gasteiger partial charge is 0.376 e. The summed E-state index contributed by atoms with van der Waals surface area (Å²) in [7, 11) is 0. The molecule has 154 valence electrons. The van der Waals surface area contributed by atoms with Gasteiger partial charge in [0.15, 0.2) is 0 Å². The maximum atomic E-state index is 12.5. The van der Waals surface area contributed by atoms with Crippen molar-refractivity contribution in [2.75, 3.05) is 18.1 Å². The zero-order valence-corrected chi connectivity index (χ0v) is 17.3. The van der Waals surface area contributed by atoms with E-state index in [1.54, 1.807) is 4.90 Å². The third-order valence-corrected chi connectivity index (χ3v) is 5.19. The first-order chi connectivity index (χ1) is 14.0. The molecule has 2 aromatic carbocycles. The lowest BCUT2D eigenvalue weighted by Crippen LogP contribution is -2.32. The van der Waals surface area contributed by atoms with Crippen molar-refractivity contribution in [2.24, 2.45) is 0 Å². The molecule has 2 amide bonds. The average Bonchev–Trinajstić information content (AvgIpc) is 3.24. The number of aryl methyl sites for hydroxylation is 1. The second kappa shape index (κ2) is 10.2. The van der Waals surface area contributed by atoms with Crippen LogP contribution in [0.2, 0.25) is 0 Å². The fourth-order valence-corrected chi connectivity index (χ4v) is 3.58. The smallest absolute Gasteiger partial charge is 0.227 e. The van der Waals surface area contributed by atoms with Crippen LogP contribution in [0.1, 0.15) is 42.9 Å². The first-order valence-electron chi connectivity index (χ1n) is 10.4. The van der Waals surface area contributed by atoms with Crippen LogP contribution in [0.4, 0.5) is 5.69 Å². The number of nitrogens with one attached hydrogen (secondary N) is 1. The number of ether oxygens (including phenoxy) is 1. The van der Waals surface area contributed by atoms with Gasteiger partial charge in [0, 0.05) is 25.3 Å². The predicted molar refractivity (Wildman–Crippen MR) is 115 cm³/mol. The summed E-state index contributed by atoms with van der Waals surface area (Å²) >= 11 is 0. The first kappa shape index (κ1) is 21.1. The Morgan fingerprint density at radius 3 is 2.59 bits per heavy atom. The minimum absolute atomic E-state index is 0.00509. The van der Waals surface area contributed by atoms with Gasteiger partial charge in [0.25, 0.3) is 0 Å². The average molecular weight is 395 g/mol. The Balaban J connectivity index is 1.62. The van der Waals surface area contributed by atoms with Gasteiger partial charge < -0.3 is 15.0 Å². The van der Waals surface area contributed by atoms with Crippen molar-refractivity contribution in [3.63, 3.8) is 0 Å². The van der Waals surface area contributed by atoms with Gasteiger partial charge in [0.1, 0.15) is 0 Å². The van der Waals surface area contributed by atoms with E-state index in [0.717, 1.165) is 36.3 Å². The maximum absolute atomic E-state index is 12.5. The molecule has 1 fully saturated rings. The lowest BCUT2D eigenvalue weighted by molar-refractivity contribution is -0.121. The molecule has 1 saturated heterocycles. The number of nitrogens with zero attached hydrogens (tertiary/aromatic N) is 1. The Morgan fingerprint density at radius 1 is 1.14 bits per heavy atom. The Morgan fingerprint density at radius 2 is 1.93 bits per heavy atom. The quantitative estimate of drug-likeness (QED) is 0.741. The van der Waals surface area contributed by atoms with E-state index in [-0.39, 0.29) is 17.9 Å². The second-order valence-corrected chi connectivity index (χ2v) is 7.60. The fraction of sp³-hybridized carbons (Fsp3) is 0.417. The number of benzene rings is 2. The highest BCUT2D eigenvalue weighted by Gasteiger charge is 2.17. The second-order valence-electron chi connectivity index (χ2n) is 7.60. The molecule has 1 aliphatic heterocycles. The van der Waals surface area contributed by atoms with Gasteiger partial charge in [-0.2, -0.15) is 0 Å². The van der Waals surface area contributed by atoms with Crippen LogP contribution in [0, 0.1) is 6.92 Å². The molecule has 0 unspecified atom stereocenters. The molecular weight excluding hydrogens is 364 g/mol. The predicted octanol–water partition coefficient (Wildman–Crippen LogP) is 3.78. The molecule has 3 rings (SSSR count). The van der Waals surface area contributed by atoms with Crippen LogP contribution < -0.4 is 10.2 Å². The third kappa shape index (κ3) is 6.16. The summed E-state index contributed by atoms with van der Waals surface area (Å²) in [6, 6.07) is 15.9. The number of carbonyl (C=O) groups is 2. The Labute approximate surface area is 173 Å². The van der Waals surface area contributed by atoms with Crippen molar-refractivity contribution in [3.05, 3.63) is 65.2 Å². The molecule has 0 saturated carbocycles. The van der Waals surface area contributed by atoms with E-state index in [9.17, 15) is 9.59 Å². The van der Waals surface area contributed by atoms with Gasteiger partial charge in [-0.1, -0.05) is 48.9 Å². The van der Waals surface area contributed by atoms with Crippen LogP contribution in [0.5, 0.6) is 0 Å². The summed E-state index contributed by atoms with van der Waals surface area (Å²) < 4.78 is 5.53. The summed E-state index contributed by atoms with van der Waals surface area (Å²) in [6.45, 7) is 5.83. The van der Waals surface area contributed by atoms with E-state index in [2.05, 4.69) is 11.4 Å². The van der Waals surface area contributed by atoms with E-state index in [1.165, 1.54) is 5.56 Å². The van der Waals surface area contributed by atoms with Crippen LogP contribution in [-0.2, 0) is 27.3 Å². The van der Waals surface area contributed by atoms with Crippen LogP contribution in [-0.4, -0.2) is 31.1 Å². The highest BCUT2D eigenvalue weighted by molar-refractivity contribution is 5.93. The van der Waals surface area contributed by atoms with Gasteiger partial charge in [-0.15, -0.1) is 0 Å².